The van der Waals surface area contributed by atoms with Crippen molar-refractivity contribution in [2.24, 2.45) is 5.92 Å². The first-order chi connectivity index (χ1) is 9.20. The minimum absolute atomic E-state index is 0.761. The molecule has 0 unspecified atom stereocenters. The van der Waals surface area contributed by atoms with Crippen LogP contribution in [-0.4, -0.2) is 13.7 Å². The summed E-state index contributed by atoms with van der Waals surface area (Å²) < 4.78 is 5.40. The molecule has 2 rings (SSSR count). The van der Waals surface area contributed by atoms with E-state index in [0.717, 1.165) is 34.5 Å². The molecule has 0 heterocycles. The van der Waals surface area contributed by atoms with E-state index in [2.05, 4.69) is 11.4 Å². The van der Waals surface area contributed by atoms with Gasteiger partial charge in [-0.15, -0.1) is 0 Å². The molecule has 1 aliphatic carbocycles. The molecule has 0 atom stereocenters. The lowest BCUT2D eigenvalue weighted by molar-refractivity contribution is 0.415. The maximum Gasteiger partial charge on any atom is 0.143 e. The highest BCUT2D eigenvalue weighted by molar-refractivity contribution is 6.31. The Morgan fingerprint density at radius 2 is 1.89 bits per heavy atom. The number of hydrogen-bond donors (Lipinski definition) is 1. The van der Waals surface area contributed by atoms with E-state index in [1.807, 2.05) is 13.0 Å². The molecule has 0 radical (unpaired) electrons. The molecule has 0 aromatic heterocycles. The van der Waals surface area contributed by atoms with Gasteiger partial charge in [0.15, 0.2) is 0 Å². The Hall–Kier alpha value is -0.890. The molecule has 1 aromatic carbocycles. The SMILES string of the molecule is COc1cc(Cl)c(C)cc1NCC1CCCCCC1. The van der Waals surface area contributed by atoms with Crippen molar-refractivity contribution in [3.8, 4) is 5.75 Å². The second-order valence-electron chi connectivity index (χ2n) is 5.54. The van der Waals surface area contributed by atoms with Gasteiger partial charge in [0, 0.05) is 17.6 Å². The van der Waals surface area contributed by atoms with Crippen molar-refractivity contribution in [3.05, 3.63) is 22.7 Å². The van der Waals surface area contributed by atoms with Crippen LogP contribution in [0.3, 0.4) is 0 Å². The van der Waals surface area contributed by atoms with E-state index >= 15 is 0 Å². The molecule has 19 heavy (non-hydrogen) atoms. The van der Waals surface area contributed by atoms with Crippen LogP contribution < -0.4 is 10.1 Å². The molecule has 1 N–H and O–H groups in total. The van der Waals surface area contributed by atoms with E-state index < -0.39 is 0 Å². The highest BCUT2D eigenvalue weighted by atomic mass is 35.5. The molecule has 0 bridgehead atoms. The summed E-state index contributed by atoms with van der Waals surface area (Å²) in [5, 5.41) is 4.31. The molecule has 1 fully saturated rings. The highest BCUT2D eigenvalue weighted by Crippen LogP contribution is 2.32. The Morgan fingerprint density at radius 1 is 1.21 bits per heavy atom. The summed E-state index contributed by atoms with van der Waals surface area (Å²) >= 11 is 6.13. The molecule has 0 spiro atoms. The molecule has 2 nitrogen and oxygen atoms in total. The number of rotatable bonds is 4. The molecule has 106 valence electrons. The summed E-state index contributed by atoms with van der Waals surface area (Å²) in [4.78, 5) is 0. The number of nitrogens with one attached hydrogen (secondary N) is 1. The smallest absolute Gasteiger partial charge is 0.143 e. The Balaban J connectivity index is 1.99. The van der Waals surface area contributed by atoms with E-state index in [0.29, 0.717) is 0 Å². The summed E-state index contributed by atoms with van der Waals surface area (Å²) in [5.41, 5.74) is 2.15. The van der Waals surface area contributed by atoms with Crippen LogP contribution in [0.25, 0.3) is 0 Å². The lowest BCUT2D eigenvalue weighted by Crippen LogP contribution is -2.14. The zero-order chi connectivity index (χ0) is 13.7. The van der Waals surface area contributed by atoms with Gasteiger partial charge in [0.25, 0.3) is 0 Å². The number of aryl methyl sites for hydroxylation is 1. The Bertz CT molecular complexity index is 411. The second-order valence-corrected chi connectivity index (χ2v) is 5.95. The third kappa shape index (κ3) is 4.04. The average Bonchev–Trinajstić information content (AvgIpc) is 2.68. The van der Waals surface area contributed by atoms with Crippen LogP contribution in [0.5, 0.6) is 5.75 Å². The number of methoxy groups -OCH3 is 1. The zero-order valence-corrected chi connectivity index (χ0v) is 12.7. The molecular weight excluding hydrogens is 258 g/mol. The van der Waals surface area contributed by atoms with Gasteiger partial charge in [-0.3, -0.25) is 0 Å². The van der Waals surface area contributed by atoms with Crippen molar-refractivity contribution in [2.75, 3.05) is 19.0 Å². The summed E-state index contributed by atoms with van der Waals surface area (Å²) in [6, 6.07) is 3.98. The van der Waals surface area contributed by atoms with Crippen molar-refractivity contribution >= 4 is 17.3 Å². The first kappa shape index (κ1) is 14.5. The van der Waals surface area contributed by atoms with Gasteiger partial charge in [0.1, 0.15) is 5.75 Å². The number of anilines is 1. The molecule has 0 aliphatic heterocycles. The molecule has 0 saturated heterocycles. The normalized spacial score (nSPS) is 17.0. The predicted molar refractivity (Wildman–Crippen MR) is 82.4 cm³/mol. The molecule has 0 amide bonds. The second kappa shape index (κ2) is 7.04. The predicted octanol–water partition coefficient (Wildman–Crippen LogP) is 5.04. The van der Waals surface area contributed by atoms with Gasteiger partial charge < -0.3 is 10.1 Å². The van der Waals surface area contributed by atoms with Gasteiger partial charge in [-0.2, -0.15) is 0 Å². The van der Waals surface area contributed by atoms with E-state index in [1.165, 1.54) is 38.5 Å². The van der Waals surface area contributed by atoms with Crippen LogP contribution in [0.4, 0.5) is 5.69 Å². The van der Waals surface area contributed by atoms with Crippen molar-refractivity contribution in [2.45, 2.75) is 45.4 Å². The van der Waals surface area contributed by atoms with Crippen LogP contribution in [-0.2, 0) is 0 Å². The number of halogens is 1. The summed E-state index contributed by atoms with van der Waals surface area (Å²) in [5.74, 6) is 1.63. The minimum atomic E-state index is 0.761. The first-order valence-corrected chi connectivity index (χ1v) is 7.66. The highest BCUT2D eigenvalue weighted by Gasteiger charge is 2.13. The minimum Gasteiger partial charge on any atom is -0.495 e. The first-order valence-electron chi connectivity index (χ1n) is 7.28. The van der Waals surface area contributed by atoms with Gasteiger partial charge >= 0.3 is 0 Å². The quantitative estimate of drug-likeness (QED) is 0.781. The van der Waals surface area contributed by atoms with E-state index in [4.69, 9.17) is 16.3 Å². The fraction of sp³-hybridized carbons (Fsp3) is 0.625. The van der Waals surface area contributed by atoms with Crippen molar-refractivity contribution in [1.82, 2.24) is 0 Å². The van der Waals surface area contributed by atoms with Gasteiger partial charge in [-0.1, -0.05) is 37.3 Å². The third-order valence-electron chi connectivity index (χ3n) is 4.04. The standard InChI is InChI=1S/C16H24ClNO/c1-12-9-15(16(19-2)10-14(12)17)18-11-13-7-5-3-4-6-8-13/h9-10,13,18H,3-8,11H2,1-2H3. The van der Waals surface area contributed by atoms with Crippen molar-refractivity contribution in [3.63, 3.8) is 0 Å². The molecule has 3 heteroatoms. The molecular formula is C16H24ClNO. The number of hydrogen-bond acceptors (Lipinski definition) is 2. The Kier molecular flexibility index (Phi) is 5.38. The van der Waals surface area contributed by atoms with Gasteiger partial charge in [0.2, 0.25) is 0 Å². The maximum atomic E-state index is 6.13. The van der Waals surface area contributed by atoms with Crippen LogP contribution >= 0.6 is 11.6 Å². The topological polar surface area (TPSA) is 21.3 Å². The molecule has 1 aliphatic rings. The largest absolute Gasteiger partial charge is 0.495 e. The number of ether oxygens (including phenoxy) is 1. The fourth-order valence-electron chi connectivity index (χ4n) is 2.79. The van der Waals surface area contributed by atoms with Gasteiger partial charge in [-0.25, -0.2) is 0 Å². The Morgan fingerprint density at radius 3 is 2.53 bits per heavy atom. The number of benzene rings is 1. The maximum absolute atomic E-state index is 6.13. The summed E-state index contributed by atoms with van der Waals surface area (Å²) in [7, 11) is 1.69. The van der Waals surface area contributed by atoms with E-state index in [9.17, 15) is 0 Å². The van der Waals surface area contributed by atoms with E-state index in [1.54, 1.807) is 7.11 Å². The van der Waals surface area contributed by atoms with Crippen LogP contribution in [0.2, 0.25) is 5.02 Å². The van der Waals surface area contributed by atoms with Gasteiger partial charge in [0.05, 0.1) is 12.8 Å². The lowest BCUT2D eigenvalue weighted by Gasteiger charge is -2.18. The van der Waals surface area contributed by atoms with Gasteiger partial charge in [-0.05, 0) is 37.3 Å². The third-order valence-corrected chi connectivity index (χ3v) is 4.44. The average molecular weight is 282 g/mol. The van der Waals surface area contributed by atoms with Crippen LogP contribution in [0.1, 0.15) is 44.1 Å². The zero-order valence-electron chi connectivity index (χ0n) is 12.0. The molecule has 1 aromatic rings. The molecule has 1 saturated carbocycles. The van der Waals surface area contributed by atoms with Crippen LogP contribution in [0, 0.1) is 12.8 Å². The summed E-state index contributed by atoms with van der Waals surface area (Å²) in [6.45, 7) is 3.07. The van der Waals surface area contributed by atoms with E-state index in [-0.39, 0.29) is 0 Å². The summed E-state index contributed by atoms with van der Waals surface area (Å²) in [6.07, 6.45) is 8.26. The fourth-order valence-corrected chi connectivity index (χ4v) is 2.95. The Labute approximate surface area is 121 Å². The monoisotopic (exact) mass is 281 g/mol. The van der Waals surface area contributed by atoms with Crippen molar-refractivity contribution < 1.29 is 4.74 Å². The van der Waals surface area contributed by atoms with Crippen LogP contribution in [0.15, 0.2) is 12.1 Å². The van der Waals surface area contributed by atoms with Crippen molar-refractivity contribution in [1.29, 1.82) is 0 Å². The lowest BCUT2D eigenvalue weighted by atomic mass is 10.0.